The second-order valence-electron chi connectivity index (χ2n) is 4.17. The molecule has 5 nitrogen and oxygen atoms in total. The lowest BCUT2D eigenvalue weighted by Gasteiger charge is -2.02. The zero-order valence-electron chi connectivity index (χ0n) is 10.6. The Morgan fingerprint density at radius 1 is 1.58 bits per heavy atom. The van der Waals surface area contributed by atoms with Gasteiger partial charge in [0.1, 0.15) is 5.01 Å². The number of aromatic nitrogens is 3. The van der Waals surface area contributed by atoms with Crippen molar-refractivity contribution in [2.24, 2.45) is 7.05 Å². The highest BCUT2D eigenvalue weighted by Gasteiger charge is 2.07. The predicted molar refractivity (Wildman–Crippen MR) is 75.3 cm³/mol. The molecule has 0 saturated heterocycles. The number of hydrogen-bond donors (Lipinski definition) is 1. The molecule has 2 heterocycles. The summed E-state index contributed by atoms with van der Waals surface area (Å²) in [5, 5.41) is 9.63. The van der Waals surface area contributed by atoms with E-state index in [2.05, 4.69) is 15.4 Å². The third-order valence-corrected chi connectivity index (χ3v) is 3.71. The maximum atomic E-state index is 11.7. The van der Waals surface area contributed by atoms with Crippen molar-refractivity contribution in [1.29, 1.82) is 0 Å². The van der Waals surface area contributed by atoms with Crippen LogP contribution in [0.2, 0.25) is 0 Å². The van der Waals surface area contributed by atoms with E-state index in [1.54, 1.807) is 10.9 Å². The minimum atomic E-state index is -0.0145. The van der Waals surface area contributed by atoms with Crippen LogP contribution in [-0.2, 0) is 30.6 Å². The van der Waals surface area contributed by atoms with Gasteiger partial charge in [-0.15, -0.1) is 22.9 Å². The van der Waals surface area contributed by atoms with Crippen molar-refractivity contribution in [3.05, 3.63) is 34.0 Å². The quantitative estimate of drug-likeness (QED) is 0.823. The van der Waals surface area contributed by atoms with Crippen LogP contribution >= 0.6 is 22.9 Å². The molecule has 102 valence electrons. The van der Waals surface area contributed by atoms with Crippen LogP contribution in [0.5, 0.6) is 0 Å². The topological polar surface area (TPSA) is 59.8 Å². The van der Waals surface area contributed by atoms with E-state index in [1.165, 1.54) is 11.3 Å². The predicted octanol–water partition coefficient (Wildman–Crippen LogP) is 1.52. The third kappa shape index (κ3) is 4.33. The fraction of sp³-hybridized carbons (Fsp3) is 0.417. The van der Waals surface area contributed by atoms with Crippen molar-refractivity contribution < 1.29 is 4.79 Å². The van der Waals surface area contributed by atoms with Gasteiger partial charge in [-0.1, -0.05) is 0 Å². The maximum Gasteiger partial charge on any atom is 0.226 e. The van der Waals surface area contributed by atoms with Crippen molar-refractivity contribution in [3.63, 3.8) is 0 Å². The largest absolute Gasteiger partial charge is 0.355 e. The van der Waals surface area contributed by atoms with Crippen LogP contribution in [0.15, 0.2) is 17.8 Å². The van der Waals surface area contributed by atoms with Crippen LogP contribution in [0.4, 0.5) is 0 Å². The Morgan fingerprint density at radius 2 is 2.42 bits per heavy atom. The highest BCUT2D eigenvalue weighted by Crippen LogP contribution is 2.11. The summed E-state index contributed by atoms with van der Waals surface area (Å²) in [6.07, 6.45) is 4.85. The standard InChI is InChI=1S/C12H15ClN4OS/c1-17-7-9(6-15-17)2-3-14-11(18)4-12-16-10(5-13)8-19-12/h6-8H,2-5H2,1H3,(H,14,18). The zero-order chi connectivity index (χ0) is 13.7. The number of carbonyl (C=O) groups excluding carboxylic acids is 1. The molecule has 2 aromatic heterocycles. The van der Waals surface area contributed by atoms with E-state index in [9.17, 15) is 4.79 Å². The highest BCUT2D eigenvalue weighted by atomic mass is 35.5. The van der Waals surface area contributed by atoms with Gasteiger partial charge >= 0.3 is 0 Å². The molecule has 0 saturated carbocycles. The Hall–Kier alpha value is -1.40. The SMILES string of the molecule is Cn1cc(CCNC(=O)Cc2nc(CCl)cs2)cn1. The lowest BCUT2D eigenvalue weighted by atomic mass is 10.2. The minimum Gasteiger partial charge on any atom is -0.355 e. The lowest BCUT2D eigenvalue weighted by Crippen LogP contribution is -2.27. The van der Waals surface area contributed by atoms with Crippen LogP contribution in [-0.4, -0.2) is 27.2 Å². The molecule has 0 aliphatic rings. The second kappa shape index (κ2) is 6.68. The normalized spacial score (nSPS) is 10.6. The fourth-order valence-electron chi connectivity index (χ4n) is 1.64. The van der Waals surface area contributed by atoms with E-state index in [0.717, 1.165) is 22.7 Å². The van der Waals surface area contributed by atoms with Gasteiger partial charge < -0.3 is 5.32 Å². The van der Waals surface area contributed by atoms with Crippen molar-refractivity contribution in [2.45, 2.75) is 18.7 Å². The number of hydrogen-bond acceptors (Lipinski definition) is 4. The zero-order valence-corrected chi connectivity index (χ0v) is 12.2. The van der Waals surface area contributed by atoms with Gasteiger partial charge in [-0.3, -0.25) is 9.48 Å². The van der Waals surface area contributed by atoms with Crippen LogP contribution in [0.1, 0.15) is 16.3 Å². The number of thiazole rings is 1. The molecule has 1 amide bonds. The molecule has 0 spiro atoms. The van der Waals surface area contributed by atoms with Gasteiger partial charge in [0.2, 0.25) is 5.91 Å². The van der Waals surface area contributed by atoms with Crippen molar-refractivity contribution in [3.8, 4) is 0 Å². The number of aryl methyl sites for hydroxylation is 1. The summed E-state index contributed by atoms with van der Waals surface area (Å²) < 4.78 is 1.75. The molecule has 19 heavy (non-hydrogen) atoms. The monoisotopic (exact) mass is 298 g/mol. The van der Waals surface area contributed by atoms with Gasteiger partial charge in [0, 0.05) is 25.2 Å². The molecule has 0 fully saturated rings. The Balaban J connectivity index is 1.72. The fourth-order valence-corrected chi connectivity index (χ4v) is 2.66. The summed E-state index contributed by atoms with van der Waals surface area (Å²) in [6, 6.07) is 0. The minimum absolute atomic E-state index is 0.0145. The van der Waals surface area contributed by atoms with E-state index in [4.69, 9.17) is 11.6 Å². The van der Waals surface area contributed by atoms with Crippen molar-refractivity contribution in [2.75, 3.05) is 6.54 Å². The first kappa shape index (κ1) is 14.0. The average Bonchev–Trinajstić information content (AvgIpc) is 2.98. The molecule has 7 heteroatoms. The third-order valence-electron chi connectivity index (χ3n) is 2.54. The Kier molecular flexibility index (Phi) is 4.93. The summed E-state index contributed by atoms with van der Waals surface area (Å²) in [5.41, 5.74) is 1.94. The van der Waals surface area contributed by atoms with E-state index in [-0.39, 0.29) is 5.91 Å². The molecule has 0 radical (unpaired) electrons. The molecule has 2 aromatic rings. The summed E-state index contributed by atoms with van der Waals surface area (Å²) >= 11 is 7.13. The number of nitrogens with one attached hydrogen (secondary N) is 1. The van der Waals surface area contributed by atoms with Gasteiger partial charge in [-0.25, -0.2) is 4.98 Å². The maximum absolute atomic E-state index is 11.7. The first-order valence-corrected chi connectivity index (χ1v) is 7.32. The van der Waals surface area contributed by atoms with Crippen molar-refractivity contribution in [1.82, 2.24) is 20.1 Å². The van der Waals surface area contributed by atoms with Crippen LogP contribution in [0, 0.1) is 0 Å². The van der Waals surface area contributed by atoms with E-state index < -0.39 is 0 Å². The molecule has 1 N–H and O–H groups in total. The van der Waals surface area contributed by atoms with E-state index >= 15 is 0 Å². The summed E-state index contributed by atoms with van der Waals surface area (Å²) in [4.78, 5) is 16.0. The lowest BCUT2D eigenvalue weighted by molar-refractivity contribution is -0.120. The molecule has 0 aliphatic carbocycles. The molecule has 0 aromatic carbocycles. The van der Waals surface area contributed by atoms with Crippen LogP contribution in [0.25, 0.3) is 0 Å². The highest BCUT2D eigenvalue weighted by molar-refractivity contribution is 7.09. The Bertz CT molecular complexity index is 551. The molecular formula is C12H15ClN4OS. The first-order valence-electron chi connectivity index (χ1n) is 5.91. The molecule has 0 aliphatic heterocycles. The van der Waals surface area contributed by atoms with Crippen LogP contribution in [0.3, 0.4) is 0 Å². The molecule has 0 atom stereocenters. The average molecular weight is 299 g/mol. The number of amides is 1. The molecular weight excluding hydrogens is 284 g/mol. The van der Waals surface area contributed by atoms with E-state index in [0.29, 0.717) is 18.8 Å². The Labute approximate surface area is 120 Å². The number of carbonyl (C=O) groups is 1. The molecule has 0 unspecified atom stereocenters. The number of nitrogens with zero attached hydrogens (tertiary/aromatic N) is 3. The van der Waals surface area contributed by atoms with Crippen molar-refractivity contribution >= 4 is 28.8 Å². The smallest absolute Gasteiger partial charge is 0.226 e. The number of halogens is 1. The summed E-state index contributed by atoms with van der Waals surface area (Å²) in [5.74, 6) is 0.374. The Morgan fingerprint density at radius 3 is 3.05 bits per heavy atom. The van der Waals surface area contributed by atoms with Gasteiger partial charge in [0.05, 0.1) is 24.2 Å². The summed E-state index contributed by atoms with van der Waals surface area (Å²) in [7, 11) is 1.87. The van der Waals surface area contributed by atoms with Gasteiger partial charge in [-0.05, 0) is 12.0 Å². The second-order valence-corrected chi connectivity index (χ2v) is 5.38. The molecule has 0 bridgehead atoms. The van der Waals surface area contributed by atoms with Gasteiger partial charge in [-0.2, -0.15) is 5.10 Å². The molecule has 2 rings (SSSR count). The number of rotatable bonds is 6. The van der Waals surface area contributed by atoms with Crippen LogP contribution < -0.4 is 5.32 Å². The summed E-state index contributed by atoms with van der Waals surface area (Å²) in [6.45, 7) is 0.609. The number of alkyl halides is 1. The van der Waals surface area contributed by atoms with Gasteiger partial charge in [0.15, 0.2) is 0 Å². The van der Waals surface area contributed by atoms with E-state index in [1.807, 2.05) is 18.6 Å². The van der Waals surface area contributed by atoms with Gasteiger partial charge in [0.25, 0.3) is 0 Å². The first-order chi connectivity index (χ1) is 9.17.